The molecule has 1 unspecified atom stereocenters. The van der Waals surface area contributed by atoms with Crippen molar-refractivity contribution < 1.29 is 13.2 Å². The zero-order chi connectivity index (χ0) is 17.7. The minimum absolute atomic E-state index is 0.0579. The lowest BCUT2D eigenvalue weighted by atomic mass is 10.2. The second-order valence-corrected chi connectivity index (χ2v) is 7.48. The standard InChI is InChI=1S/C17H19ClN2O3S/c1-3-12(2)19-17(21)13-8-10-14(11-9-13)24(22,23)20-16-7-5-4-6-15(16)18/h4-12,20H,3H2,1-2H3,(H,19,21). The van der Waals surface area contributed by atoms with Crippen molar-refractivity contribution in [1.82, 2.24) is 5.32 Å². The maximum Gasteiger partial charge on any atom is 0.261 e. The van der Waals surface area contributed by atoms with Gasteiger partial charge < -0.3 is 5.32 Å². The Labute approximate surface area is 147 Å². The number of nitrogens with one attached hydrogen (secondary N) is 2. The average molecular weight is 367 g/mol. The van der Waals surface area contributed by atoms with Gasteiger partial charge in [0.2, 0.25) is 0 Å². The normalized spacial score (nSPS) is 12.5. The van der Waals surface area contributed by atoms with Crippen molar-refractivity contribution in [2.45, 2.75) is 31.2 Å². The summed E-state index contributed by atoms with van der Waals surface area (Å²) in [6.45, 7) is 3.88. The van der Waals surface area contributed by atoms with Crippen LogP contribution in [0.4, 0.5) is 5.69 Å². The van der Waals surface area contributed by atoms with E-state index in [-0.39, 0.29) is 16.8 Å². The molecule has 24 heavy (non-hydrogen) atoms. The summed E-state index contributed by atoms with van der Waals surface area (Å²) in [7, 11) is -3.77. The fourth-order valence-electron chi connectivity index (χ4n) is 1.94. The van der Waals surface area contributed by atoms with E-state index >= 15 is 0 Å². The zero-order valence-electron chi connectivity index (χ0n) is 13.4. The van der Waals surface area contributed by atoms with Crippen LogP contribution in [0, 0.1) is 0 Å². The first-order valence-corrected chi connectivity index (χ1v) is 9.38. The van der Waals surface area contributed by atoms with E-state index in [1.54, 1.807) is 24.3 Å². The van der Waals surface area contributed by atoms with Gasteiger partial charge in [-0.1, -0.05) is 30.7 Å². The van der Waals surface area contributed by atoms with Crippen molar-refractivity contribution >= 4 is 33.2 Å². The topological polar surface area (TPSA) is 75.3 Å². The van der Waals surface area contributed by atoms with Gasteiger partial charge in [-0.25, -0.2) is 8.42 Å². The molecule has 0 aromatic heterocycles. The van der Waals surface area contributed by atoms with Crippen LogP contribution >= 0.6 is 11.6 Å². The largest absolute Gasteiger partial charge is 0.350 e. The van der Waals surface area contributed by atoms with Crippen LogP contribution in [-0.2, 0) is 10.0 Å². The average Bonchev–Trinajstić information content (AvgIpc) is 2.56. The highest BCUT2D eigenvalue weighted by Gasteiger charge is 2.16. The summed E-state index contributed by atoms with van der Waals surface area (Å²) < 4.78 is 27.2. The lowest BCUT2D eigenvalue weighted by molar-refractivity contribution is 0.0939. The molecule has 0 spiro atoms. The van der Waals surface area contributed by atoms with Crippen LogP contribution in [0.2, 0.25) is 5.02 Å². The van der Waals surface area contributed by atoms with Crippen molar-refractivity contribution in [3.05, 3.63) is 59.1 Å². The number of para-hydroxylation sites is 1. The summed E-state index contributed by atoms with van der Waals surface area (Å²) in [5.41, 5.74) is 0.713. The monoisotopic (exact) mass is 366 g/mol. The minimum atomic E-state index is -3.77. The molecule has 2 aromatic rings. The molecular weight excluding hydrogens is 348 g/mol. The number of sulfonamides is 1. The van der Waals surface area contributed by atoms with Crippen LogP contribution in [0.3, 0.4) is 0 Å². The SMILES string of the molecule is CCC(C)NC(=O)c1ccc(S(=O)(=O)Nc2ccccc2Cl)cc1. The Morgan fingerprint density at radius 3 is 2.33 bits per heavy atom. The highest BCUT2D eigenvalue weighted by molar-refractivity contribution is 7.92. The fourth-order valence-corrected chi connectivity index (χ4v) is 3.26. The molecule has 0 heterocycles. The van der Waals surface area contributed by atoms with E-state index in [4.69, 9.17) is 11.6 Å². The predicted octanol–water partition coefficient (Wildman–Crippen LogP) is 3.67. The van der Waals surface area contributed by atoms with Crippen LogP contribution in [-0.4, -0.2) is 20.4 Å². The van der Waals surface area contributed by atoms with Gasteiger partial charge >= 0.3 is 0 Å². The molecule has 0 fully saturated rings. The highest BCUT2D eigenvalue weighted by Crippen LogP contribution is 2.24. The summed E-state index contributed by atoms with van der Waals surface area (Å²) in [6, 6.07) is 12.4. The lowest BCUT2D eigenvalue weighted by Gasteiger charge is -2.12. The second kappa shape index (κ2) is 7.68. The van der Waals surface area contributed by atoms with Crippen LogP contribution in [0.15, 0.2) is 53.4 Å². The molecule has 0 aliphatic carbocycles. The molecule has 0 aliphatic rings. The van der Waals surface area contributed by atoms with Crippen LogP contribution in [0.25, 0.3) is 0 Å². The van der Waals surface area contributed by atoms with E-state index in [1.807, 2.05) is 13.8 Å². The van der Waals surface area contributed by atoms with Gasteiger partial charge in [0.05, 0.1) is 15.6 Å². The second-order valence-electron chi connectivity index (χ2n) is 5.39. The highest BCUT2D eigenvalue weighted by atomic mass is 35.5. The molecule has 2 rings (SSSR count). The molecule has 5 nitrogen and oxygen atoms in total. The lowest BCUT2D eigenvalue weighted by Crippen LogP contribution is -2.31. The molecular formula is C17H19ClN2O3S. The Morgan fingerprint density at radius 1 is 1.12 bits per heavy atom. The first-order valence-electron chi connectivity index (χ1n) is 7.51. The maximum atomic E-state index is 12.4. The Morgan fingerprint density at radius 2 is 1.75 bits per heavy atom. The third kappa shape index (κ3) is 4.49. The Bertz CT molecular complexity index is 820. The molecule has 0 bridgehead atoms. The molecule has 128 valence electrons. The van der Waals surface area contributed by atoms with E-state index in [2.05, 4.69) is 10.0 Å². The summed E-state index contributed by atoms with van der Waals surface area (Å²) in [5.74, 6) is -0.229. The predicted molar refractivity (Wildman–Crippen MR) is 95.9 cm³/mol. The van der Waals surface area contributed by atoms with E-state index in [0.29, 0.717) is 16.3 Å². The summed E-state index contributed by atoms with van der Waals surface area (Å²) in [5, 5.41) is 3.14. The molecule has 0 saturated carbocycles. The number of anilines is 1. The number of hydrogen-bond donors (Lipinski definition) is 2. The van der Waals surface area contributed by atoms with E-state index in [9.17, 15) is 13.2 Å². The van der Waals surface area contributed by atoms with Crippen LogP contribution in [0.1, 0.15) is 30.6 Å². The first kappa shape index (κ1) is 18.3. The smallest absolute Gasteiger partial charge is 0.261 e. The maximum absolute atomic E-state index is 12.4. The van der Waals surface area contributed by atoms with E-state index in [0.717, 1.165) is 6.42 Å². The van der Waals surface area contributed by atoms with Crippen molar-refractivity contribution in [3.8, 4) is 0 Å². The number of halogens is 1. The number of rotatable bonds is 6. The van der Waals surface area contributed by atoms with Gasteiger partial charge in [0.15, 0.2) is 0 Å². The van der Waals surface area contributed by atoms with Crippen LogP contribution < -0.4 is 10.0 Å². The molecule has 2 N–H and O–H groups in total. The van der Waals surface area contributed by atoms with Gasteiger partial charge in [0.25, 0.3) is 15.9 Å². The van der Waals surface area contributed by atoms with Gasteiger partial charge in [-0.2, -0.15) is 0 Å². The Kier molecular flexibility index (Phi) is 5.85. The molecule has 1 atom stereocenters. The molecule has 0 aliphatic heterocycles. The van der Waals surface area contributed by atoms with Gasteiger partial charge in [0.1, 0.15) is 0 Å². The zero-order valence-corrected chi connectivity index (χ0v) is 15.0. The number of benzene rings is 2. The molecule has 7 heteroatoms. The van der Waals surface area contributed by atoms with E-state index < -0.39 is 10.0 Å². The number of carbonyl (C=O) groups excluding carboxylic acids is 1. The van der Waals surface area contributed by atoms with E-state index in [1.165, 1.54) is 24.3 Å². The number of hydrogen-bond acceptors (Lipinski definition) is 3. The van der Waals surface area contributed by atoms with Gasteiger partial charge in [-0.05, 0) is 49.7 Å². The summed E-state index contributed by atoms with van der Waals surface area (Å²) in [4.78, 5) is 12.1. The van der Waals surface area contributed by atoms with Crippen LogP contribution in [0.5, 0.6) is 0 Å². The van der Waals surface area contributed by atoms with Gasteiger partial charge in [-0.15, -0.1) is 0 Å². The molecule has 2 aromatic carbocycles. The van der Waals surface area contributed by atoms with Gasteiger partial charge in [0, 0.05) is 11.6 Å². The number of amides is 1. The third-order valence-corrected chi connectivity index (χ3v) is 5.25. The molecule has 0 radical (unpaired) electrons. The van der Waals surface area contributed by atoms with Crippen molar-refractivity contribution in [2.24, 2.45) is 0 Å². The van der Waals surface area contributed by atoms with Gasteiger partial charge in [-0.3, -0.25) is 9.52 Å². The summed E-state index contributed by atoms with van der Waals surface area (Å²) in [6.07, 6.45) is 0.819. The fraction of sp³-hybridized carbons (Fsp3) is 0.235. The number of carbonyl (C=O) groups is 1. The van der Waals surface area contributed by atoms with Crippen molar-refractivity contribution in [1.29, 1.82) is 0 Å². The minimum Gasteiger partial charge on any atom is -0.350 e. The quantitative estimate of drug-likeness (QED) is 0.819. The molecule has 0 saturated heterocycles. The van der Waals surface area contributed by atoms with Crippen molar-refractivity contribution in [3.63, 3.8) is 0 Å². The third-order valence-electron chi connectivity index (χ3n) is 3.53. The molecule has 1 amide bonds. The Balaban J connectivity index is 2.17. The first-order chi connectivity index (χ1) is 11.3. The Hall–Kier alpha value is -2.05. The van der Waals surface area contributed by atoms with Crippen molar-refractivity contribution in [2.75, 3.05) is 4.72 Å². The summed E-state index contributed by atoms with van der Waals surface area (Å²) >= 11 is 5.97.